The van der Waals surface area contributed by atoms with Crippen LogP contribution in [0.5, 0.6) is 0 Å². The summed E-state index contributed by atoms with van der Waals surface area (Å²) in [6.45, 7) is 2.21. The molecule has 1 aromatic heterocycles. The molecule has 60 valence electrons. The standard InChI is InChI=1S/C8H12N2O/c1-6-3-4-10(2)8(11)7(6)5-9/h3-4H,5,9H2,1-2H3. The first-order valence-corrected chi connectivity index (χ1v) is 3.52. The van der Waals surface area contributed by atoms with E-state index in [1.165, 1.54) is 4.57 Å². The largest absolute Gasteiger partial charge is 0.326 e. The molecule has 0 atom stereocenters. The molecular weight excluding hydrogens is 140 g/mol. The highest BCUT2D eigenvalue weighted by molar-refractivity contribution is 5.21. The Hall–Kier alpha value is -1.09. The van der Waals surface area contributed by atoms with E-state index in [9.17, 15) is 4.79 Å². The van der Waals surface area contributed by atoms with Crippen molar-refractivity contribution in [3.8, 4) is 0 Å². The summed E-state index contributed by atoms with van der Waals surface area (Å²) in [4.78, 5) is 11.3. The molecule has 0 fully saturated rings. The summed E-state index contributed by atoms with van der Waals surface area (Å²) in [6, 6.07) is 1.89. The van der Waals surface area contributed by atoms with Gasteiger partial charge in [-0.15, -0.1) is 0 Å². The van der Waals surface area contributed by atoms with Gasteiger partial charge in [0.2, 0.25) is 0 Å². The Bertz CT molecular complexity index is 314. The van der Waals surface area contributed by atoms with E-state index >= 15 is 0 Å². The third kappa shape index (κ3) is 1.33. The quantitative estimate of drug-likeness (QED) is 0.622. The smallest absolute Gasteiger partial charge is 0.255 e. The van der Waals surface area contributed by atoms with E-state index in [-0.39, 0.29) is 5.56 Å². The lowest BCUT2D eigenvalue weighted by molar-refractivity contribution is 0.822. The first-order valence-electron chi connectivity index (χ1n) is 3.52. The zero-order valence-corrected chi connectivity index (χ0v) is 6.79. The Morgan fingerprint density at radius 2 is 2.27 bits per heavy atom. The van der Waals surface area contributed by atoms with Crippen molar-refractivity contribution in [2.45, 2.75) is 13.5 Å². The minimum absolute atomic E-state index is 0.00694. The monoisotopic (exact) mass is 152 g/mol. The number of hydrogen-bond donors (Lipinski definition) is 1. The lowest BCUT2D eigenvalue weighted by Crippen LogP contribution is -2.23. The van der Waals surface area contributed by atoms with Gasteiger partial charge in [0.25, 0.3) is 5.56 Å². The maximum Gasteiger partial charge on any atom is 0.255 e. The van der Waals surface area contributed by atoms with Gasteiger partial charge in [0.1, 0.15) is 0 Å². The van der Waals surface area contributed by atoms with E-state index in [1.807, 2.05) is 13.0 Å². The summed E-state index contributed by atoms with van der Waals surface area (Å²) in [5.41, 5.74) is 7.09. The molecule has 11 heavy (non-hydrogen) atoms. The minimum atomic E-state index is 0.00694. The molecule has 3 heteroatoms. The van der Waals surface area contributed by atoms with Crippen LogP contribution in [0.2, 0.25) is 0 Å². The summed E-state index contributed by atoms with van der Waals surface area (Å²) in [5, 5.41) is 0. The van der Waals surface area contributed by atoms with Gasteiger partial charge in [-0.3, -0.25) is 4.79 Å². The van der Waals surface area contributed by atoms with Gasteiger partial charge in [-0.1, -0.05) is 0 Å². The topological polar surface area (TPSA) is 48.0 Å². The van der Waals surface area contributed by atoms with Crippen molar-refractivity contribution in [2.24, 2.45) is 12.8 Å². The highest BCUT2D eigenvalue weighted by Gasteiger charge is 2.01. The van der Waals surface area contributed by atoms with Gasteiger partial charge in [-0.2, -0.15) is 0 Å². The number of nitrogens with zero attached hydrogens (tertiary/aromatic N) is 1. The van der Waals surface area contributed by atoms with Crippen molar-refractivity contribution in [3.05, 3.63) is 33.7 Å². The summed E-state index contributed by atoms with van der Waals surface area (Å²) in [6.07, 6.45) is 1.75. The van der Waals surface area contributed by atoms with E-state index < -0.39 is 0 Å². The van der Waals surface area contributed by atoms with Crippen molar-refractivity contribution in [3.63, 3.8) is 0 Å². The fourth-order valence-electron chi connectivity index (χ4n) is 1.02. The average molecular weight is 152 g/mol. The number of aryl methyl sites for hydroxylation is 2. The Morgan fingerprint density at radius 3 is 2.73 bits per heavy atom. The highest BCUT2D eigenvalue weighted by atomic mass is 16.1. The van der Waals surface area contributed by atoms with Gasteiger partial charge >= 0.3 is 0 Å². The number of pyridine rings is 1. The van der Waals surface area contributed by atoms with E-state index in [2.05, 4.69) is 0 Å². The van der Waals surface area contributed by atoms with Crippen LogP contribution >= 0.6 is 0 Å². The maximum absolute atomic E-state index is 11.3. The molecule has 1 rings (SSSR count). The molecule has 0 saturated carbocycles. The van der Waals surface area contributed by atoms with Crippen LogP contribution in [-0.4, -0.2) is 4.57 Å². The van der Waals surface area contributed by atoms with Crippen LogP contribution in [-0.2, 0) is 13.6 Å². The fraction of sp³-hybridized carbons (Fsp3) is 0.375. The van der Waals surface area contributed by atoms with Gasteiger partial charge in [0.05, 0.1) is 0 Å². The Morgan fingerprint density at radius 1 is 1.64 bits per heavy atom. The van der Waals surface area contributed by atoms with Crippen LogP contribution in [0.4, 0.5) is 0 Å². The minimum Gasteiger partial charge on any atom is -0.326 e. The molecule has 0 aliphatic heterocycles. The van der Waals surface area contributed by atoms with E-state index in [0.717, 1.165) is 5.56 Å². The predicted octanol–water partition coefficient (Wildman–Crippen LogP) is 0.152. The molecule has 0 unspecified atom stereocenters. The first-order chi connectivity index (χ1) is 5.16. The molecule has 0 aromatic carbocycles. The second-order valence-electron chi connectivity index (χ2n) is 2.60. The SMILES string of the molecule is Cc1ccn(C)c(=O)c1CN. The van der Waals surface area contributed by atoms with Gasteiger partial charge in [-0.25, -0.2) is 0 Å². The number of rotatable bonds is 1. The van der Waals surface area contributed by atoms with Crippen LogP contribution < -0.4 is 11.3 Å². The molecule has 0 aliphatic rings. The van der Waals surface area contributed by atoms with Gasteiger partial charge in [-0.05, 0) is 18.6 Å². The molecule has 1 aromatic rings. The second kappa shape index (κ2) is 2.88. The number of nitrogens with two attached hydrogens (primary N) is 1. The Balaban J connectivity index is 3.41. The average Bonchev–Trinajstić information content (AvgIpc) is 1.99. The molecule has 0 saturated heterocycles. The summed E-state index contributed by atoms with van der Waals surface area (Å²) in [5.74, 6) is 0. The first kappa shape index (κ1) is 8.01. The predicted molar refractivity (Wildman–Crippen MR) is 44.3 cm³/mol. The van der Waals surface area contributed by atoms with Crippen LogP contribution in [0.15, 0.2) is 17.1 Å². The summed E-state index contributed by atoms with van der Waals surface area (Å²) < 4.78 is 1.54. The lowest BCUT2D eigenvalue weighted by atomic mass is 10.1. The zero-order chi connectivity index (χ0) is 8.43. The highest BCUT2D eigenvalue weighted by Crippen LogP contribution is 1.98. The number of aromatic nitrogens is 1. The van der Waals surface area contributed by atoms with E-state index in [4.69, 9.17) is 5.73 Å². The maximum atomic E-state index is 11.3. The molecule has 3 nitrogen and oxygen atoms in total. The molecule has 0 spiro atoms. The van der Waals surface area contributed by atoms with Crippen molar-refractivity contribution in [1.29, 1.82) is 0 Å². The zero-order valence-electron chi connectivity index (χ0n) is 6.79. The van der Waals surface area contributed by atoms with Gasteiger partial charge < -0.3 is 10.3 Å². The molecule has 0 aliphatic carbocycles. The van der Waals surface area contributed by atoms with Crippen LogP contribution in [0.25, 0.3) is 0 Å². The molecule has 0 radical (unpaired) electrons. The fourth-order valence-corrected chi connectivity index (χ4v) is 1.02. The molecule has 0 amide bonds. The van der Waals surface area contributed by atoms with Crippen LogP contribution in [0.1, 0.15) is 11.1 Å². The molecule has 1 heterocycles. The van der Waals surface area contributed by atoms with Gasteiger partial charge in [0.15, 0.2) is 0 Å². The third-order valence-corrected chi connectivity index (χ3v) is 1.81. The molecule has 2 N–H and O–H groups in total. The van der Waals surface area contributed by atoms with E-state index in [0.29, 0.717) is 12.1 Å². The third-order valence-electron chi connectivity index (χ3n) is 1.81. The normalized spacial score (nSPS) is 10.1. The summed E-state index contributed by atoms with van der Waals surface area (Å²) in [7, 11) is 1.72. The molecule has 0 bridgehead atoms. The van der Waals surface area contributed by atoms with E-state index in [1.54, 1.807) is 13.2 Å². The van der Waals surface area contributed by atoms with Crippen molar-refractivity contribution in [1.82, 2.24) is 4.57 Å². The second-order valence-corrected chi connectivity index (χ2v) is 2.60. The van der Waals surface area contributed by atoms with Crippen LogP contribution in [0.3, 0.4) is 0 Å². The lowest BCUT2D eigenvalue weighted by Gasteiger charge is -2.03. The van der Waals surface area contributed by atoms with Gasteiger partial charge in [0, 0.05) is 25.4 Å². The summed E-state index contributed by atoms with van der Waals surface area (Å²) >= 11 is 0. The Labute approximate surface area is 65.5 Å². The molecular formula is C8H12N2O. The van der Waals surface area contributed by atoms with Crippen molar-refractivity contribution < 1.29 is 0 Å². The Kier molecular flexibility index (Phi) is 2.10. The van der Waals surface area contributed by atoms with Crippen LogP contribution in [0, 0.1) is 6.92 Å². The van der Waals surface area contributed by atoms with Crippen molar-refractivity contribution >= 4 is 0 Å². The number of hydrogen-bond acceptors (Lipinski definition) is 2. The van der Waals surface area contributed by atoms with Crippen molar-refractivity contribution in [2.75, 3.05) is 0 Å².